The van der Waals surface area contributed by atoms with Crippen LogP contribution in [0.15, 0.2) is 24.8 Å². The van der Waals surface area contributed by atoms with Crippen molar-refractivity contribution < 1.29 is 4.74 Å². The van der Waals surface area contributed by atoms with E-state index in [1.807, 2.05) is 38.2 Å². The van der Waals surface area contributed by atoms with E-state index in [1.54, 1.807) is 12.4 Å². The van der Waals surface area contributed by atoms with Crippen molar-refractivity contribution in [2.45, 2.75) is 19.9 Å². The van der Waals surface area contributed by atoms with Crippen molar-refractivity contribution in [3.05, 3.63) is 30.4 Å². The second-order valence-corrected chi connectivity index (χ2v) is 6.26. The van der Waals surface area contributed by atoms with Gasteiger partial charge in [-0.3, -0.25) is 9.67 Å². The van der Waals surface area contributed by atoms with Gasteiger partial charge >= 0.3 is 0 Å². The van der Waals surface area contributed by atoms with E-state index in [1.165, 1.54) is 0 Å². The van der Waals surface area contributed by atoms with Crippen LogP contribution in [0.4, 0.5) is 5.82 Å². The summed E-state index contributed by atoms with van der Waals surface area (Å²) in [6, 6.07) is 0.200. The lowest BCUT2D eigenvalue weighted by Crippen LogP contribution is -2.26. The van der Waals surface area contributed by atoms with E-state index in [0.717, 1.165) is 5.56 Å². The van der Waals surface area contributed by atoms with E-state index in [-0.39, 0.29) is 6.04 Å². The van der Waals surface area contributed by atoms with Crippen molar-refractivity contribution in [1.82, 2.24) is 24.6 Å². The van der Waals surface area contributed by atoms with Crippen LogP contribution in [0.3, 0.4) is 0 Å². The number of ether oxygens (including phenoxy) is 1. The highest BCUT2D eigenvalue weighted by Crippen LogP contribution is 2.18. The molecule has 0 amide bonds. The number of aryl methyl sites for hydroxylation is 1. The molecule has 2 aromatic rings. The molecule has 0 spiro atoms. The fourth-order valence-electron chi connectivity index (χ4n) is 2.17. The molecule has 0 saturated heterocycles. The lowest BCUT2D eigenvalue weighted by Gasteiger charge is -2.23. The Kier molecular flexibility index (Phi) is 5.92. The van der Waals surface area contributed by atoms with Crippen LogP contribution in [0, 0.1) is 5.92 Å². The van der Waals surface area contributed by atoms with Crippen LogP contribution in [0.5, 0.6) is 5.88 Å². The molecule has 0 aromatic carbocycles. The van der Waals surface area contributed by atoms with Crippen LogP contribution in [-0.4, -0.2) is 51.9 Å². The topological polar surface area (TPSA) is 68.1 Å². The zero-order chi connectivity index (χ0) is 16.8. The van der Waals surface area contributed by atoms with Crippen LogP contribution in [-0.2, 0) is 7.05 Å². The molecule has 0 fully saturated rings. The molecule has 126 valence electrons. The van der Waals surface area contributed by atoms with E-state index >= 15 is 0 Å². The van der Waals surface area contributed by atoms with E-state index in [0.29, 0.717) is 30.8 Å². The zero-order valence-corrected chi connectivity index (χ0v) is 14.5. The highest BCUT2D eigenvalue weighted by molar-refractivity contribution is 5.34. The van der Waals surface area contributed by atoms with Gasteiger partial charge in [-0.15, -0.1) is 0 Å². The Morgan fingerprint density at radius 2 is 2.04 bits per heavy atom. The molecular weight excluding hydrogens is 292 g/mol. The Hall–Kier alpha value is -2.15. The minimum absolute atomic E-state index is 0.200. The number of nitrogens with one attached hydrogen (secondary N) is 1. The summed E-state index contributed by atoms with van der Waals surface area (Å²) in [5.74, 6) is 1.71. The molecule has 0 radical (unpaired) electrons. The number of anilines is 1. The van der Waals surface area contributed by atoms with Gasteiger partial charge in [0.2, 0.25) is 5.88 Å². The minimum Gasteiger partial charge on any atom is -0.476 e. The standard InChI is InChI=1S/C16H26N6O/c1-12(2)11-23-16-9-17-8-15(20-16)18-7-14(21(3)4)13-6-19-22(5)10-13/h6,8-10,12,14H,7,11H2,1-5H3,(H,18,20)/t14-/m1/s1. The Balaban J connectivity index is 1.99. The van der Waals surface area contributed by atoms with Gasteiger partial charge in [-0.25, -0.2) is 0 Å². The van der Waals surface area contributed by atoms with Crippen molar-refractivity contribution in [1.29, 1.82) is 0 Å². The lowest BCUT2D eigenvalue weighted by molar-refractivity contribution is 0.260. The number of hydrogen-bond acceptors (Lipinski definition) is 6. The number of aromatic nitrogens is 4. The fourth-order valence-corrected chi connectivity index (χ4v) is 2.17. The second kappa shape index (κ2) is 7.92. The molecule has 2 heterocycles. The van der Waals surface area contributed by atoms with E-state index in [9.17, 15) is 0 Å². The molecule has 0 saturated carbocycles. The van der Waals surface area contributed by atoms with E-state index in [4.69, 9.17) is 4.74 Å². The monoisotopic (exact) mass is 318 g/mol. The Morgan fingerprint density at radius 3 is 2.65 bits per heavy atom. The summed E-state index contributed by atoms with van der Waals surface area (Å²) in [5, 5.41) is 7.57. The summed E-state index contributed by atoms with van der Waals surface area (Å²) >= 11 is 0. The smallest absolute Gasteiger partial charge is 0.234 e. The molecule has 1 N–H and O–H groups in total. The molecule has 2 aromatic heterocycles. The summed E-state index contributed by atoms with van der Waals surface area (Å²) < 4.78 is 7.42. The number of likely N-dealkylation sites (N-methyl/N-ethyl adjacent to an activating group) is 1. The Morgan fingerprint density at radius 1 is 1.26 bits per heavy atom. The molecule has 0 unspecified atom stereocenters. The maximum Gasteiger partial charge on any atom is 0.234 e. The molecule has 7 nitrogen and oxygen atoms in total. The molecule has 1 atom stereocenters. The molecule has 23 heavy (non-hydrogen) atoms. The predicted octanol–water partition coefficient (Wildman–Crippen LogP) is 1.96. The van der Waals surface area contributed by atoms with Gasteiger partial charge in [0.15, 0.2) is 0 Å². The zero-order valence-electron chi connectivity index (χ0n) is 14.5. The van der Waals surface area contributed by atoms with Gasteiger partial charge in [0, 0.05) is 25.4 Å². The van der Waals surface area contributed by atoms with E-state index in [2.05, 4.69) is 39.1 Å². The number of hydrogen-bond donors (Lipinski definition) is 1. The third-order valence-electron chi connectivity index (χ3n) is 3.39. The Bertz CT molecular complexity index is 610. The summed E-state index contributed by atoms with van der Waals surface area (Å²) in [6.45, 7) is 5.55. The van der Waals surface area contributed by atoms with Crippen molar-refractivity contribution in [3.8, 4) is 5.88 Å². The van der Waals surface area contributed by atoms with Crippen molar-refractivity contribution in [2.75, 3.05) is 32.6 Å². The summed E-state index contributed by atoms with van der Waals surface area (Å²) in [4.78, 5) is 10.8. The fraction of sp³-hybridized carbons (Fsp3) is 0.562. The van der Waals surface area contributed by atoms with E-state index < -0.39 is 0 Å². The molecule has 2 rings (SSSR count). The summed E-state index contributed by atoms with van der Waals surface area (Å²) in [7, 11) is 6.02. The van der Waals surface area contributed by atoms with Crippen molar-refractivity contribution in [3.63, 3.8) is 0 Å². The van der Waals surface area contributed by atoms with Crippen molar-refractivity contribution >= 4 is 5.82 Å². The van der Waals surface area contributed by atoms with Gasteiger partial charge in [0.25, 0.3) is 0 Å². The minimum atomic E-state index is 0.200. The average molecular weight is 318 g/mol. The van der Waals surface area contributed by atoms with Crippen LogP contribution >= 0.6 is 0 Å². The van der Waals surface area contributed by atoms with Crippen LogP contribution in [0.25, 0.3) is 0 Å². The maximum atomic E-state index is 5.61. The molecule has 0 aliphatic heterocycles. The third kappa shape index (κ3) is 5.21. The molecule has 7 heteroatoms. The first-order chi connectivity index (χ1) is 11.0. The number of rotatable bonds is 8. The average Bonchev–Trinajstić information content (AvgIpc) is 2.92. The van der Waals surface area contributed by atoms with Gasteiger partial charge in [-0.1, -0.05) is 13.8 Å². The van der Waals surface area contributed by atoms with Crippen LogP contribution in [0.2, 0.25) is 0 Å². The van der Waals surface area contributed by atoms with Gasteiger partial charge in [0.05, 0.1) is 31.2 Å². The summed E-state index contributed by atoms with van der Waals surface area (Å²) in [5.41, 5.74) is 1.16. The van der Waals surface area contributed by atoms with Gasteiger partial charge in [-0.2, -0.15) is 10.1 Å². The second-order valence-electron chi connectivity index (χ2n) is 6.26. The number of nitrogens with zero attached hydrogens (tertiary/aromatic N) is 5. The predicted molar refractivity (Wildman–Crippen MR) is 90.5 cm³/mol. The maximum absolute atomic E-state index is 5.61. The quantitative estimate of drug-likeness (QED) is 0.802. The van der Waals surface area contributed by atoms with Gasteiger partial charge in [-0.05, 0) is 20.0 Å². The largest absolute Gasteiger partial charge is 0.476 e. The Labute approximate surface area is 137 Å². The van der Waals surface area contributed by atoms with Crippen LogP contribution in [0.1, 0.15) is 25.5 Å². The SMILES string of the molecule is CC(C)COc1cncc(NC[C@H](c2cnn(C)c2)N(C)C)n1. The first kappa shape index (κ1) is 17.2. The van der Waals surface area contributed by atoms with Gasteiger partial charge in [0.1, 0.15) is 5.82 Å². The summed E-state index contributed by atoms with van der Waals surface area (Å²) in [6.07, 6.45) is 7.26. The third-order valence-corrected chi connectivity index (χ3v) is 3.39. The first-order valence-electron chi connectivity index (χ1n) is 7.79. The van der Waals surface area contributed by atoms with Crippen molar-refractivity contribution in [2.24, 2.45) is 13.0 Å². The highest BCUT2D eigenvalue weighted by atomic mass is 16.5. The lowest BCUT2D eigenvalue weighted by atomic mass is 10.1. The molecule has 0 aliphatic rings. The molecule has 0 bridgehead atoms. The van der Waals surface area contributed by atoms with Gasteiger partial charge < -0.3 is 15.0 Å². The highest BCUT2D eigenvalue weighted by Gasteiger charge is 2.16. The molecule has 0 aliphatic carbocycles. The molecular formula is C16H26N6O. The normalized spacial score (nSPS) is 12.7. The van der Waals surface area contributed by atoms with Crippen LogP contribution < -0.4 is 10.1 Å². The first-order valence-corrected chi connectivity index (χ1v) is 7.79.